The van der Waals surface area contributed by atoms with Crippen LogP contribution in [0.3, 0.4) is 0 Å². The van der Waals surface area contributed by atoms with E-state index < -0.39 is 0 Å². The van der Waals surface area contributed by atoms with Gasteiger partial charge in [0, 0.05) is 11.1 Å². The maximum atomic E-state index is 5.93. The van der Waals surface area contributed by atoms with Gasteiger partial charge in [-0.05, 0) is 32.4 Å². The van der Waals surface area contributed by atoms with E-state index in [9.17, 15) is 0 Å². The molecule has 0 amide bonds. The molecule has 0 saturated heterocycles. The molecular weight excluding hydrogens is 244 g/mol. The molecule has 0 aliphatic carbocycles. The summed E-state index contributed by atoms with van der Waals surface area (Å²) in [7, 11) is 0. The summed E-state index contributed by atoms with van der Waals surface area (Å²) in [5, 5.41) is 0. The van der Waals surface area contributed by atoms with Crippen molar-refractivity contribution >= 4 is 0 Å². The molecule has 0 atom stereocenters. The fraction of sp³-hybridized carbons (Fsp3) is 0.158. The van der Waals surface area contributed by atoms with E-state index in [1.54, 1.807) is 0 Å². The first-order chi connectivity index (χ1) is 9.63. The van der Waals surface area contributed by atoms with E-state index in [0.717, 1.165) is 17.1 Å². The average molecular weight is 262 g/mol. The number of hydrogen-bond acceptors (Lipinski definition) is 1. The highest BCUT2D eigenvalue weighted by atomic mass is 16.3. The van der Waals surface area contributed by atoms with Gasteiger partial charge in [-0.15, -0.1) is 0 Å². The van der Waals surface area contributed by atoms with E-state index in [-0.39, 0.29) is 0 Å². The topological polar surface area (TPSA) is 13.1 Å². The summed E-state index contributed by atoms with van der Waals surface area (Å²) >= 11 is 0. The van der Waals surface area contributed by atoms with Gasteiger partial charge < -0.3 is 4.42 Å². The Morgan fingerprint density at radius 3 is 1.70 bits per heavy atom. The van der Waals surface area contributed by atoms with Gasteiger partial charge >= 0.3 is 0 Å². The van der Waals surface area contributed by atoms with Crippen molar-refractivity contribution in [3.05, 3.63) is 71.5 Å². The fourth-order valence-electron chi connectivity index (χ4n) is 2.36. The molecule has 2 aromatic carbocycles. The second-order valence-corrected chi connectivity index (χ2v) is 5.31. The van der Waals surface area contributed by atoms with Crippen LogP contribution in [-0.4, -0.2) is 0 Å². The van der Waals surface area contributed by atoms with E-state index in [0.29, 0.717) is 0 Å². The summed E-state index contributed by atoms with van der Waals surface area (Å²) < 4.78 is 5.93. The predicted molar refractivity (Wildman–Crippen MR) is 83.8 cm³/mol. The van der Waals surface area contributed by atoms with Crippen LogP contribution in [-0.2, 0) is 0 Å². The first kappa shape index (κ1) is 12.7. The van der Waals surface area contributed by atoms with Gasteiger partial charge in [-0.1, -0.05) is 59.7 Å². The molecule has 0 bridgehead atoms. The lowest BCUT2D eigenvalue weighted by Crippen LogP contribution is -1.77. The van der Waals surface area contributed by atoms with Crippen LogP contribution in [0.25, 0.3) is 22.5 Å². The van der Waals surface area contributed by atoms with Crippen molar-refractivity contribution in [1.29, 1.82) is 0 Å². The van der Waals surface area contributed by atoms with Gasteiger partial charge in [0.25, 0.3) is 0 Å². The number of benzene rings is 2. The molecule has 0 fully saturated rings. The number of furan rings is 1. The van der Waals surface area contributed by atoms with E-state index in [4.69, 9.17) is 4.42 Å². The molecule has 3 rings (SSSR count). The largest absolute Gasteiger partial charge is 0.461 e. The van der Waals surface area contributed by atoms with Crippen LogP contribution >= 0.6 is 0 Å². The minimum atomic E-state index is 0.929. The number of rotatable bonds is 2. The fourth-order valence-corrected chi connectivity index (χ4v) is 2.36. The normalized spacial score (nSPS) is 10.8. The SMILES string of the molecule is Cc1ccc(-c2cc(-c3ccc(C)cc3)c(C)o2)cc1. The summed E-state index contributed by atoms with van der Waals surface area (Å²) in [4.78, 5) is 0. The highest BCUT2D eigenvalue weighted by Crippen LogP contribution is 2.32. The number of aryl methyl sites for hydroxylation is 3. The molecule has 1 nitrogen and oxygen atoms in total. The summed E-state index contributed by atoms with van der Waals surface area (Å²) in [5.74, 6) is 1.89. The summed E-state index contributed by atoms with van der Waals surface area (Å²) in [5.41, 5.74) is 6.03. The lowest BCUT2D eigenvalue weighted by Gasteiger charge is -1.99. The Labute approximate surface area is 119 Å². The molecule has 0 unspecified atom stereocenters. The third-order valence-corrected chi connectivity index (χ3v) is 3.62. The second-order valence-electron chi connectivity index (χ2n) is 5.31. The van der Waals surface area contributed by atoms with Crippen molar-refractivity contribution in [1.82, 2.24) is 0 Å². The van der Waals surface area contributed by atoms with E-state index in [1.807, 2.05) is 6.92 Å². The monoisotopic (exact) mass is 262 g/mol. The van der Waals surface area contributed by atoms with Gasteiger partial charge in [-0.3, -0.25) is 0 Å². The third kappa shape index (κ3) is 2.39. The zero-order chi connectivity index (χ0) is 14.1. The van der Waals surface area contributed by atoms with Crippen LogP contribution in [0.2, 0.25) is 0 Å². The summed E-state index contributed by atoms with van der Waals surface area (Å²) in [6.07, 6.45) is 0. The molecule has 1 aromatic heterocycles. The van der Waals surface area contributed by atoms with Crippen LogP contribution in [0.5, 0.6) is 0 Å². The molecule has 100 valence electrons. The van der Waals surface area contributed by atoms with Crippen molar-refractivity contribution in [2.45, 2.75) is 20.8 Å². The first-order valence-electron chi connectivity index (χ1n) is 6.88. The molecule has 1 heterocycles. The van der Waals surface area contributed by atoms with Gasteiger partial charge in [0.2, 0.25) is 0 Å². The Bertz CT molecular complexity index is 715. The average Bonchev–Trinajstić information content (AvgIpc) is 2.82. The molecule has 0 saturated carbocycles. The molecule has 0 aliphatic rings. The third-order valence-electron chi connectivity index (χ3n) is 3.62. The highest BCUT2D eigenvalue weighted by molar-refractivity contribution is 5.72. The van der Waals surface area contributed by atoms with Gasteiger partial charge in [-0.2, -0.15) is 0 Å². The van der Waals surface area contributed by atoms with Crippen LogP contribution in [0.15, 0.2) is 59.0 Å². The number of hydrogen-bond donors (Lipinski definition) is 0. The molecule has 1 heteroatoms. The Morgan fingerprint density at radius 2 is 1.15 bits per heavy atom. The standard InChI is InChI=1S/C19H18O/c1-13-4-8-16(9-5-13)18-12-19(20-15(18)3)17-10-6-14(2)7-11-17/h4-12H,1-3H3. The van der Waals surface area contributed by atoms with Gasteiger partial charge in [-0.25, -0.2) is 0 Å². The van der Waals surface area contributed by atoms with Gasteiger partial charge in [0.05, 0.1) is 0 Å². The summed E-state index contributed by atoms with van der Waals surface area (Å²) in [6.45, 7) is 6.21. The quantitative estimate of drug-likeness (QED) is 0.591. The zero-order valence-corrected chi connectivity index (χ0v) is 12.1. The molecule has 0 N–H and O–H groups in total. The van der Waals surface area contributed by atoms with Crippen molar-refractivity contribution in [2.24, 2.45) is 0 Å². The lowest BCUT2D eigenvalue weighted by molar-refractivity contribution is 0.549. The second kappa shape index (κ2) is 5.01. The van der Waals surface area contributed by atoms with E-state index >= 15 is 0 Å². The summed E-state index contributed by atoms with van der Waals surface area (Å²) in [6, 6.07) is 19.1. The first-order valence-corrected chi connectivity index (χ1v) is 6.88. The lowest BCUT2D eigenvalue weighted by atomic mass is 10.0. The van der Waals surface area contributed by atoms with Crippen LogP contribution in [0, 0.1) is 20.8 Å². The van der Waals surface area contributed by atoms with Crippen molar-refractivity contribution < 1.29 is 4.42 Å². The zero-order valence-electron chi connectivity index (χ0n) is 12.1. The van der Waals surface area contributed by atoms with Crippen LogP contribution < -0.4 is 0 Å². The van der Waals surface area contributed by atoms with Crippen molar-refractivity contribution in [2.75, 3.05) is 0 Å². The molecule has 0 radical (unpaired) electrons. The van der Waals surface area contributed by atoms with Crippen LogP contribution in [0.1, 0.15) is 16.9 Å². The molecular formula is C19H18O. The van der Waals surface area contributed by atoms with E-state index in [2.05, 4.69) is 68.4 Å². The molecule has 3 aromatic rings. The molecule has 0 spiro atoms. The Kier molecular flexibility index (Phi) is 3.19. The minimum absolute atomic E-state index is 0.929. The smallest absolute Gasteiger partial charge is 0.134 e. The van der Waals surface area contributed by atoms with Crippen molar-refractivity contribution in [3.63, 3.8) is 0 Å². The van der Waals surface area contributed by atoms with Crippen LogP contribution in [0.4, 0.5) is 0 Å². The van der Waals surface area contributed by atoms with Crippen molar-refractivity contribution in [3.8, 4) is 22.5 Å². The predicted octanol–water partition coefficient (Wildman–Crippen LogP) is 5.54. The maximum Gasteiger partial charge on any atom is 0.134 e. The Balaban J connectivity index is 2.02. The highest BCUT2D eigenvalue weighted by Gasteiger charge is 2.10. The maximum absolute atomic E-state index is 5.93. The molecule has 20 heavy (non-hydrogen) atoms. The minimum Gasteiger partial charge on any atom is -0.461 e. The Morgan fingerprint density at radius 1 is 0.650 bits per heavy atom. The van der Waals surface area contributed by atoms with E-state index in [1.165, 1.54) is 22.3 Å². The van der Waals surface area contributed by atoms with Gasteiger partial charge in [0.1, 0.15) is 11.5 Å². The Hall–Kier alpha value is -2.28. The molecule has 0 aliphatic heterocycles. The van der Waals surface area contributed by atoms with Gasteiger partial charge in [0.15, 0.2) is 0 Å².